The largest absolute Gasteiger partial charge is 0.419 e. The molecular weight excluding hydrogens is 265 g/mol. The first-order valence-corrected chi connectivity index (χ1v) is 7.76. The summed E-state index contributed by atoms with van der Waals surface area (Å²) in [5.41, 5.74) is 9.21. The molecule has 0 amide bonds. The molecule has 0 saturated carbocycles. The first kappa shape index (κ1) is 13.2. The molecule has 0 saturated heterocycles. The molecule has 2 heteroatoms. The fourth-order valence-corrected chi connectivity index (χ4v) is 3.50. The number of benzene rings is 3. The van der Waals surface area contributed by atoms with Gasteiger partial charge in [-0.1, -0.05) is 71.7 Å². The Balaban J connectivity index is 1.97. The molecular formula is C20H18BN. The first-order chi connectivity index (χ1) is 10.7. The molecule has 3 aromatic carbocycles. The van der Waals surface area contributed by atoms with E-state index < -0.39 is 0 Å². The number of hydrogen-bond acceptors (Lipinski definition) is 1. The van der Waals surface area contributed by atoms with Crippen LogP contribution < -0.4 is 16.2 Å². The fourth-order valence-electron chi connectivity index (χ4n) is 3.50. The van der Waals surface area contributed by atoms with Crippen molar-refractivity contribution in [2.24, 2.45) is 0 Å². The molecule has 0 bridgehead atoms. The van der Waals surface area contributed by atoms with Crippen molar-refractivity contribution in [2.45, 2.75) is 13.8 Å². The summed E-state index contributed by atoms with van der Waals surface area (Å²) in [5.74, 6) is 0. The van der Waals surface area contributed by atoms with Crippen molar-refractivity contribution in [3.05, 3.63) is 77.9 Å². The third-order valence-corrected chi connectivity index (χ3v) is 4.46. The lowest BCUT2D eigenvalue weighted by molar-refractivity contribution is 1.38. The van der Waals surface area contributed by atoms with Crippen molar-refractivity contribution in [2.75, 3.05) is 5.23 Å². The molecule has 0 unspecified atom stereocenters. The zero-order valence-electron chi connectivity index (χ0n) is 12.9. The number of hydrogen-bond donors (Lipinski definition) is 1. The van der Waals surface area contributed by atoms with Crippen molar-refractivity contribution in [3.8, 4) is 11.1 Å². The smallest absolute Gasteiger partial charge is 0.321 e. The van der Waals surface area contributed by atoms with E-state index in [4.69, 9.17) is 0 Å². The summed E-state index contributed by atoms with van der Waals surface area (Å²) in [5, 5.41) is 3.76. The van der Waals surface area contributed by atoms with E-state index in [1.807, 2.05) is 0 Å². The van der Waals surface area contributed by atoms with Gasteiger partial charge in [0.25, 0.3) is 0 Å². The minimum atomic E-state index is 0.214. The van der Waals surface area contributed by atoms with Gasteiger partial charge in [0.05, 0.1) is 0 Å². The Morgan fingerprint density at radius 3 is 2.32 bits per heavy atom. The zero-order valence-corrected chi connectivity index (χ0v) is 12.9. The molecule has 0 radical (unpaired) electrons. The average Bonchev–Trinajstić information content (AvgIpc) is 2.55. The maximum atomic E-state index is 3.76. The number of aryl methyl sites for hydroxylation is 2. The third kappa shape index (κ3) is 2.03. The second kappa shape index (κ2) is 5.06. The van der Waals surface area contributed by atoms with Crippen LogP contribution in [0.1, 0.15) is 11.1 Å². The minimum Gasteiger partial charge on any atom is -0.419 e. The monoisotopic (exact) mass is 283 g/mol. The van der Waals surface area contributed by atoms with E-state index in [1.54, 1.807) is 0 Å². The van der Waals surface area contributed by atoms with E-state index in [1.165, 1.54) is 38.9 Å². The molecule has 1 aliphatic heterocycles. The van der Waals surface area contributed by atoms with Crippen molar-refractivity contribution in [1.29, 1.82) is 0 Å². The highest BCUT2D eigenvalue weighted by atomic mass is 14.8. The van der Waals surface area contributed by atoms with Gasteiger partial charge in [-0.2, -0.15) is 0 Å². The maximum Gasteiger partial charge on any atom is 0.321 e. The summed E-state index contributed by atoms with van der Waals surface area (Å²) in [6, 6.07) is 24.0. The van der Waals surface area contributed by atoms with Gasteiger partial charge in [-0.3, -0.25) is 0 Å². The molecule has 0 aromatic heterocycles. The summed E-state index contributed by atoms with van der Waals surface area (Å²) < 4.78 is 0. The van der Waals surface area contributed by atoms with Gasteiger partial charge in [0.1, 0.15) is 0 Å². The van der Waals surface area contributed by atoms with E-state index in [-0.39, 0.29) is 6.85 Å². The van der Waals surface area contributed by atoms with Crippen molar-refractivity contribution in [1.82, 2.24) is 0 Å². The summed E-state index contributed by atoms with van der Waals surface area (Å²) >= 11 is 0. The number of rotatable bonds is 1. The second-order valence-electron chi connectivity index (χ2n) is 6.08. The third-order valence-electron chi connectivity index (χ3n) is 4.46. The van der Waals surface area contributed by atoms with Crippen molar-refractivity contribution >= 4 is 23.5 Å². The number of nitrogens with one attached hydrogen (secondary N) is 1. The topological polar surface area (TPSA) is 12.0 Å². The molecule has 0 aliphatic carbocycles. The van der Waals surface area contributed by atoms with Gasteiger partial charge in [-0.25, -0.2) is 0 Å². The van der Waals surface area contributed by atoms with Crippen LogP contribution in [-0.2, 0) is 0 Å². The van der Waals surface area contributed by atoms with Gasteiger partial charge >= 0.3 is 6.85 Å². The normalized spacial score (nSPS) is 12.4. The van der Waals surface area contributed by atoms with Crippen LogP contribution in [0.2, 0.25) is 0 Å². The summed E-state index contributed by atoms with van der Waals surface area (Å²) in [6.45, 7) is 4.57. The molecule has 0 fully saturated rings. The van der Waals surface area contributed by atoms with Gasteiger partial charge in [-0.05, 0) is 36.5 Å². The summed E-state index contributed by atoms with van der Waals surface area (Å²) in [4.78, 5) is 0. The van der Waals surface area contributed by atoms with Crippen molar-refractivity contribution in [3.63, 3.8) is 0 Å². The fraction of sp³-hybridized carbons (Fsp3) is 0.100. The predicted octanol–water partition coefficient (Wildman–Crippen LogP) is 3.50. The van der Waals surface area contributed by atoms with E-state index in [9.17, 15) is 0 Å². The van der Waals surface area contributed by atoms with Crippen LogP contribution in [0.3, 0.4) is 0 Å². The lowest BCUT2D eigenvalue weighted by Crippen LogP contribution is -2.52. The minimum absolute atomic E-state index is 0.214. The summed E-state index contributed by atoms with van der Waals surface area (Å²) in [6.07, 6.45) is 0. The van der Waals surface area contributed by atoms with Gasteiger partial charge in [-0.15, -0.1) is 0 Å². The highest BCUT2D eigenvalue weighted by molar-refractivity contribution is 6.89. The quantitative estimate of drug-likeness (QED) is 0.674. The van der Waals surface area contributed by atoms with E-state index in [0.717, 1.165) is 0 Å². The molecule has 1 N–H and O–H groups in total. The van der Waals surface area contributed by atoms with Crippen LogP contribution in [-0.4, -0.2) is 6.85 Å². The Bertz CT molecular complexity index is 840. The van der Waals surface area contributed by atoms with E-state index >= 15 is 0 Å². The molecule has 0 atom stereocenters. The SMILES string of the molecule is Cc1cc(C)c2c(c1)-c1ccccc1B(c1ccccc1)N2. The number of anilines is 1. The molecule has 1 heterocycles. The molecule has 3 aromatic rings. The molecule has 106 valence electrons. The molecule has 22 heavy (non-hydrogen) atoms. The Labute approximate surface area is 132 Å². The lowest BCUT2D eigenvalue weighted by atomic mass is 9.47. The average molecular weight is 283 g/mol. The predicted molar refractivity (Wildman–Crippen MR) is 96.4 cm³/mol. The van der Waals surface area contributed by atoms with Crippen LogP contribution in [0.15, 0.2) is 66.7 Å². The van der Waals surface area contributed by atoms with Gasteiger partial charge in [0, 0.05) is 11.3 Å². The Hall–Kier alpha value is -2.48. The van der Waals surface area contributed by atoms with Crippen LogP contribution in [0.5, 0.6) is 0 Å². The second-order valence-corrected chi connectivity index (χ2v) is 6.08. The zero-order chi connectivity index (χ0) is 15.1. The van der Waals surface area contributed by atoms with E-state index in [2.05, 4.69) is 85.8 Å². The first-order valence-electron chi connectivity index (χ1n) is 7.76. The molecule has 1 nitrogen and oxygen atoms in total. The standard InChI is InChI=1S/C20H18BN/c1-14-12-15(2)20-18(13-14)17-10-6-7-11-19(17)21(22-20)16-8-4-3-5-9-16/h3-13,22H,1-2H3. The van der Waals surface area contributed by atoms with Gasteiger partial charge in [0.15, 0.2) is 0 Å². The van der Waals surface area contributed by atoms with Crippen LogP contribution in [0.25, 0.3) is 11.1 Å². The lowest BCUT2D eigenvalue weighted by Gasteiger charge is -2.29. The van der Waals surface area contributed by atoms with Crippen LogP contribution in [0.4, 0.5) is 5.69 Å². The Kier molecular flexibility index (Phi) is 3.04. The van der Waals surface area contributed by atoms with E-state index in [0.29, 0.717) is 0 Å². The Morgan fingerprint density at radius 2 is 1.50 bits per heavy atom. The van der Waals surface area contributed by atoms with Gasteiger partial charge in [0.2, 0.25) is 0 Å². The maximum absolute atomic E-state index is 3.76. The summed E-state index contributed by atoms with van der Waals surface area (Å²) in [7, 11) is 0. The molecule has 1 aliphatic rings. The molecule has 0 spiro atoms. The molecule has 4 rings (SSSR count). The highest BCUT2D eigenvalue weighted by Gasteiger charge is 2.29. The highest BCUT2D eigenvalue weighted by Crippen LogP contribution is 2.34. The van der Waals surface area contributed by atoms with Crippen molar-refractivity contribution < 1.29 is 0 Å². The van der Waals surface area contributed by atoms with Crippen LogP contribution >= 0.6 is 0 Å². The van der Waals surface area contributed by atoms with Crippen LogP contribution in [0, 0.1) is 13.8 Å². The van der Waals surface area contributed by atoms with Gasteiger partial charge < -0.3 is 5.23 Å². The Morgan fingerprint density at radius 1 is 0.773 bits per heavy atom. The number of fused-ring (bicyclic) bond motifs is 3.